The molecule has 3 aromatic rings. The van der Waals surface area contributed by atoms with Gasteiger partial charge in [0.05, 0.1) is 0 Å². The summed E-state index contributed by atoms with van der Waals surface area (Å²) >= 11 is 0. The monoisotopic (exact) mass is 304 g/mol. The Bertz CT molecular complexity index is 870. The van der Waals surface area contributed by atoms with Crippen LogP contribution in [0.2, 0.25) is 0 Å². The minimum absolute atomic E-state index is 0.0802. The highest BCUT2D eigenvalue weighted by atomic mass is 16.1. The van der Waals surface area contributed by atoms with Crippen LogP contribution in [0.3, 0.4) is 0 Å². The van der Waals surface area contributed by atoms with Crippen LogP contribution >= 0.6 is 0 Å². The van der Waals surface area contributed by atoms with Gasteiger partial charge in [0, 0.05) is 28.4 Å². The van der Waals surface area contributed by atoms with Crippen LogP contribution in [0.15, 0.2) is 60.7 Å². The fourth-order valence-corrected chi connectivity index (χ4v) is 2.89. The van der Waals surface area contributed by atoms with Crippen molar-refractivity contribution in [3.63, 3.8) is 0 Å². The highest BCUT2D eigenvalue weighted by molar-refractivity contribution is 6.09. The van der Waals surface area contributed by atoms with Crippen LogP contribution in [0.5, 0.6) is 0 Å². The van der Waals surface area contributed by atoms with Gasteiger partial charge in [0.1, 0.15) is 0 Å². The average Bonchev–Trinajstić information content (AvgIpc) is 2.54. The molecule has 0 bridgehead atoms. The third-order valence-electron chi connectivity index (χ3n) is 4.08. The molecule has 0 radical (unpaired) electrons. The summed E-state index contributed by atoms with van der Waals surface area (Å²) in [6.07, 6.45) is 0. The SMILES string of the molecule is CC(=O)c1cccc2c(NC(C)c3cccc(N)c3)cccc12. The Morgan fingerprint density at radius 2 is 1.70 bits per heavy atom. The lowest BCUT2D eigenvalue weighted by Crippen LogP contribution is -2.07. The van der Waals surface area contributed by atoms with E-state index in [0.29, 0.717) is 0 Å². The molecule has 23 heavy (non-hydrogen) atoms. The molecule has 0 aliphatic rings. The summed E-state index contributed by atoms with van der Waals surface area (Å²) < 4.78 is 0. The molecule has 1 unspecified atom stereocenters. The Morgan fingerprint density at radius 1 is 1.00 bits per heavy atom. The van der Waals surface area contributed by atoms with Gasteiger partial charge >= 0.3 is 0 Å². The number of nitrogens with two attached hydrogens (primary N) is 1. The molecule has 0 aliphatic carbocycles. The normalized spacial score (nSPS) is 12.1. The highest BCUT2D eigenvalue weighted by Crippen LogP contribution is 2.29. The average molecular weight is 304 g/mol. The molecular formula is C20H20N2O. The molecular weight excluding hydrogens is 284 g/mol. The lowest BCUT2D eigenvalue weighted by atomic mass is 10.00. The van der Waals surface area contributed by atoms with Crippen molar-refractivity contribution < 1.29 is 4.79 Å². The molecule has 0 aliphatic heterocycles. The summed E-state index contributed by atoms with van der Waals surface area (Å²) in [5.41, 5.74) is 9.52. The lowest BCUT2D eigenvalue weighted by Gasteiger charge is -2.18. The van der Waals surface area contributed by atoms with Gasteiger partial charge in [0.15, 0.2) is 5.78 Å². The van der Waals surface area contributed by atoms with Crippen molar-refractivity contribution in [1.29, 1.82) is 0 Å². The molecule has 0 heterocycles. The van der Waals surface area contributed by atoms with Gasteiger partial charge in [-0.2, -0.15) is 0 Å². The number of hydrogen-bond acceptors (Lipinski definition) is 3. The quantitative estimate of drug-likeness (QED) is 0.538. The van der Waals surface area contributed by atoms with E-state index in [9.17, 15) is 4.79 Å². The number of anilines is 2. The predicted molar refractivity (Wildman–Crippen MR) is 96.8 cm³/mol. The Balaban J connectivity index is 2.00. The maximum absolute atomic E-state index is 11.8. The van der Waals surface area contributed by atoms with E-state index in [1.54, 1.807) is 6.92 Å². The van der Waals surface area contributed by atoms with E-state index in [-0.39, 0.29) is 11.8 Å². The molecule has 0 saturated carbocycles. The third-order valence-corrected chi connectivity index (χ3v) is 4.08. The summed E-state index contributed by atoms with van der Waals surface area (Å²) in [5.74, 6) is 0.0802. The first kappa shape index (κ1) is 15.1. The van der Waals surface area contributed by atoms with E-state index >= 15 is 0 Å². The zero-order valence-corrected chi connectivity index (χ0v) is 13.3. The number of benzene rings is 3. The maximum Gasteiger partial charge on any atom is 0.160 e. The molecule has 1 atom stereocenters. The molecule has 0 fully saturated rings. The summed E-state index contributed by atoms with van der Waals surface area (Å²) in [5, 5.41) is 5.56. The van der Waals surface area contributed by atoms with Gasteiger partial charge in [0.2, 0.25) is 0 Å². The Hall–Kier alpha value is -2.81. The summed E-state index contributed by atoms with van der Waals surface area (Å²) in [6, 6.07) is 19.8. The molecule has 0 spiro atoms. The van der Waals surface area contributed by atoms with Crippen molar-refractivity contribution in [2.45, 2.75) is 19.9 Å². The number of Topliss-reactive ketones (excluding diaryl/α,β-unsaturated/α-hetero) is 1. The van der Waals surface area contributed by atoms with E-state index in [4.69, 9.17) is 5.73 Å². The fraction of sp³-hybridized carbons (Fsp3) is 0.150. The van der Waals surface area contributed by atoms with Crippen molar-refractivity contribution in [3.05, 3.63) is 71.8 Å². The zero-order valence-electron chi connectivity index (χ0n) is 13.3. The number of hydrogen-bond donors (Lipinski definition) is 2. The second kappa shape index (κ2) is 6.13. The van der Waals surface area contributed by atoms with Crippen molar-refractivity contribution in [2.24, 2.45) is 0 Å². The minimum Gasteiger partial charge on any atom is -0.399 e. The van der Waals surface area contributed by atoms with E-state index < -0.39 is 0 Å². The molecule has 0 saturated heterocycles. The van der Waals surface area contributed by atoms with Crippen molar-refractivity contribution >= 4 is 27.9 Å². The Kier molecular flexibility index (Phi) is 4.02. The van der Waals surface area contributed by atoms with Crippen LogP contribution in [0, 0.1) is 0 Å². The summed E-state index contributed by atoms with van der Waals surface area (Å²) in [4.78, 5) is 11.8. The number of carbonyl (C=O) groups excluding carboxylic acids is 1. The Morgan fingerprint density at radius 3 is 2.43 bits per heavy atom. The Labute approximate surface area is 136 Å². The van der Waals surface area contributed by atoms with Crippen LogP contribution in [0.25, 0.3) is 10.8 Å². The van der Waals surface area contributed by atoms with Gasteiger partial charge < -0.3 is 11.1 Å². The largest absolute Gasteiger partial charge is 0.399 e. The maximum atomic E-state index is 11.8. The van der Waals surface area contributed by atoms with E-state index in [2.05, 4.69) is 18.3 Å². The first-order chi connectivity index (χ1) is 11.1. The van der Waals surface area contributed by atoms with Crippen LogP contribution in [-0.2, 0) is 0 Å². The van der Waals surface area contributed by atoms with Gasteiger partial charge in [-0.05, 0) is 43.0 Å². The second-order valence-corrected chi connectivity index (χ2v) is 5.80. The number of nitrogen functional groups attached to an aromatic ring is 1. The number of carbonyl (C=O) groups is 1. The van der Waals surface area contributed by atoms with Crippen LogP contribution in [0.4, 0.5) is 11.4 Å². The lowest BCUT2D eigenvalue weighted by molar-refractivity contribution is 0.101. The first-order valence-corrected chi connectivity index (χ1v) is 7.71. The number of fused-ring (bicyclic) bond motifs is 1. The molecule has 3 heteroatoms. The number of nitrogens with one attached hydrogen (secondary N) is 1. The second-order valence-electron chi connectivity index (χ2n) is 5.80. The standard InChI is InChI=1S/C20H20N2O/c1-13(15-6-3-7-16(21)12-15)22-20-11-5-9-18-17(14(2)23)8-4-10-19(18)20/h3-13,22H,21H2,1-2H3. The van der Waals surface area contributed by atoms with E-state index in [0.717, 1.165) is 33.3 Å². The van der Waals surface area contributed by atoms with Crippen LogP contribution < -0.4 is 11.1 Å². The fourth-order valence-electron chi connectivity index (χ4n) is 2.89. The molecule has 0 amide bonds. The smallest absolute Gasteiger partial charge is 0.160 e. The summed E-state index contributed by atoms with van der Waals surface area (Å²) in [6.45, 7) is 3.70. The minimum atomic E-state index is 0.0802. The van der Waals surface area contributed by atoms with Crippen molar-refractivity contribution in [1.82, 2.24) is 0 Å². The summed E-state index contributed by atoms with van der Waals surface area (Å²) in [7, 11) is 0. The van der Waals surface area contributed by atoms with Gasteiger partial charge in [-0.1, -0.05) is 42.5 Å². The number of ketones is 1. The molecule has 3 N–H and O–H groups in total. The van der Waals surface area contributed by atoms with E-state index in [1.165, 1.54) is 0 Å². The zero-order chi connectivity index (χ0) is 16.4. The highest BCUT2D eigenvalue weighted by Gasteiger charge is 2.11. The van der Waals surface area contributed by atoms with Crippen molar-refractivity contribution in [3.8, 4) is 0 Å². The van der Waals surface area contributed by atoms with Gasteiger partial charge in [-0.3, -0.25) is 4.79 Å². The third kappa shape index (κ3) is 3.04. The van der Waals surface area contributed by atoms with E-state index in [1.807, 2.05) is 54.6 Å². The molecule has 0 aromatic heterocycles. The van der Waals surface area contributed by atoms with Crippen LogP contribution in [-0.4, -0.2) is 5.78 Å². The molecule has 3 rings (SSSR count). The van der Waals surface area contributed by atoms with Gasteiger partial charge in [-0.25, -0.2) is 0 Å². The molecule has 3 aromatic carbocycles. The van der Waals surface area contributed by atoms with Gasteiger partial charge in [0.25, 0.3) is 0 Å². The topological polar surface area (TPSA) is 55.1 Å². The van der Waals surface area contributed by atoms with Gasteiger partial charge in [-0.15, -0.1) is 0 Å². The van der Waals surface area contributed by atoms with Crippen molar-refractivity contribution in [2.75, 3.05) is 11.1 Å². The number of rotatable bonds is 4. The van der Waals surface area contributed by atoms with Crippen LogP contribution in [0.1, 0.15) is 35.8 Å². The molecule has 116 valence electrons. The first-order valence-electron chi connectivity index (χ1n) is 7.71. The molecule has 3 nitrogen and oxygen atoms in total. The predicted octanol–water partition coefficient (Wildman–Crippen LogP) is 4.80.